The summed E-state index contributed by atoms with van der Waals surface area (Å²) in [5.74, 6) is 1.66. The fraction of sp³-hybridized carbons (Fsp3) is 0.588. The Morgan fingerprint density at radius 2 is 1.58 bits per heavy atom. The van der Waals surface area contributed by atoms with Gasteiger partial charge in [-0.25, -0.2) is 4.79 Å². The molecule has 9 heteroatoms. The molecule has 2 unspecified atom stereocenters. The Kier molecular flexibility index (Phi) is 14.6. The van der Waals surface area contributed by atoms with Crippen molar-refractivity contribution in [2.45, 2.75) is 70.8 Å². The molecule has 0 saturated carbocycles. The molecule has 0 aliphatic heterocycles. The lowest BCUT2D eigenvalue weighted by Crippen LogP contribution is -2.39. The molecule has 2 atom stereocenters. The van der Waals surface area contributed by atoms with E-state index in [0.29, 0.717) is 54.7 Å². The molecule has 1 N–H and O–H groups in total. The number of methoxy groups -OCH3 is 4. The number of aliphatic hydroxyl groups is 1. The summed E-state index contributed by atoms with van der Waals surface area (Å²) in [7, 11) is 8.14. The van der Waals surface area contributed by atoms with E-state index in [1.54, 1.807) is 33.5 Å². The van der Waals surface area contributed by atoms with E-state index in [9.17, 15) is 15.2 Å². The van der Waals surface area contributed by atoms with Gasteiger partial charge in [0.15, 0.2) is 23.0 Å². The maximum atomic E-state index is 13.0. The minimum absolute atomic E-state index is 0.0714. The molecule has 0 bridgehead atoms. The van der Waals surface area contributed by atoms with Crippen molar-refractivity contribution in [2.75, 3.05) is 55.2 Å². The maximum Gasteiger partial charge on any atom is 0.338 e. The molecule has 2 aromatic rings. The van der Waals surface area contributed by atoms with Gasteiger partial charge in [-0.2, -0.15) is 5.26 Å². The fourth-order valence-electron chi connectivity index (χ4n) is 5.33. The summed E-state index contributed by atoms with van der Waals surface area (Å²) in [6, 6.07) is 11.5. The number of carbonyl (C=O) groups is 1. The zero-order valence-electron chi connectivity index (χ0n) is 27.2. The lowest BCUT2D eigenvalue weighted by molar-refractivity contribution is 0.0495. The summed E-state index contributed by atoms with van der Waals surface area (Å²) < 4.78 is 27.4. The Labute approximate surface area is 257 Å². The number of esters is 1. The van der Waals surface area contributed by atoms with Crippen LogP contribution in [0, 0.1) is 17.2 Å². The van der Waals surface area contributed by atoms with Gasteiger partial charge in [0.1, 0.15) is 0 Å². The molecular formula is C34H50N2O7. The van der Waals surface area contributed by atoms with Crippen LogP contribution >= 0.6 is 0 Å². The minimum Gasteiger partial charge on any atom is -0.493 e. The van der Waals surface area contributed by atoms with E-state index in [-0.39, 0.29) is 18.3 Å². The van der Waals surface area contributed by atoms with Gasteiger partial charge in [-0.15, -0.1) is 0 Å². The van der Waals surface area contributed by atoms with E-state index >= 15 is 0 Å². The van der Waals surface area contributed by atoms with Crippen molar-refractivity contribution in [3.8, 4) is 29.1 Å². The highest BCUT2D eigenvalue weighted by Gasteiger charge is 2.39. The zero-order chi connectivity index (χ0) is 32.0. The van der Waals surface area contributed by atoms with E-state index in [1.165, 1.54) is 7.11 Å². The molecule has 0 amide bonds. The van der Waals surface area contributed by atoms with E-state index in [2.05, 4.69) is 13.0 Å². The highest BCUT2D eigenvalue weighted by molar-refractivity contribution is 5.92. The average molecular weight is 599 g/mol. The van der Waals surface area contributed by atoms with Crippen molar-refractivity contribution in [1.82, 2.24) is 4.90 Å². The fourth-order valence-corrected chi connectivity index (χ4v) is 5.33. The van der Waals surface area contributed by atoms with E-state index in [1.807, 2.05) is 44.0 Å². The molecule has 43 heavy (non-hydrogen) atoms. The van der Waals surface area contributed by atoms with E-state index in [0.717, 1.165) is 36.8 Å². The van der Waals surface area contributed by atoms with Gasteiger partial charge in [0.05, 0.1) is 58.2 Å². The number of benzene rings is 2. The minimum atomic E-state index is -0.933. The van der Waals surface area contributed by atoms with Crippen LogP contribution in [0.3, 0.4) is 0 Å². The molecular weight excluding hydrogens is 548 g/mol. The molecule has 0 spiro atoms. The van der Waals surface area contributed by atoms with Gasteiger partial charge in [0.25, 0.3) is 0 Å². The highest BCUT2D eigenvalue weighted by Crippen LogP contribution is 2.40. The molecule has 0 aliphatic carbocycles. The van der Waals surface area contributed by atoms with Crippen LogP contribution in [0.1, 0.15) is 74.4 Å². The van der Waals surface area contributed by atoms with Gasteiger partial charge < -0.3 is 33.7 Å². The molecule has 0 heterocycles. The number of ether oxygens (including phenoxy) is 5. The topological polar surface area (TPSA) is 110 Å². The Hall–Kier alpha value is -3.48. The zero-order valence-corrected chi connectivity index (χ0v) is 27.2. The number of unbranched alkanes of at least 4 members (excludes halogenated alkanes) is 3. The van der Waals surface area contributed by atoms with Crippen molar-refractivity contribution < 1.29 is 33.6 Å². The molecule has 0 aliphatic rings. The smallest absolute Gasteiger partial charge is 0.338 e. The summed E-state index contributed by atoms with van der Waals surface area (Å²) in [5, 5.41) is 21.6. The molecule has 2 aromatic carbocycles. The van der Waals surface area contributed by atoms with Crippen molar-refractivity contribution >= 4 is 5.97 Å². The van der Waals surface area contributed by atoms with Crippen LogP contribution in [-0.2, 0) is 16.6 Å². The van der Waals surface area contributed by atoms with Crippen LogP contribution in [-0.4, -0.2) is 77.3 Å². The third-order valence-corrected chi connectivity index (χ3v) is 7.99. The largest absolute Gasteiger partial charge is 0.493 e. The third-order valence-electron chi connectivity index (χ3n) is 7.99. The van der Waals surface area contributed by atoms with Crippen LogP contribution in [0.4, 0.5) is 0 Å². The molecule has 2 rings (SSSR count). The van der Waals surface area contributed by atoms with Gasteiger partial charge in [0.2, 0.25) is 0 Å². The first-order valence-electron chi connectivity index (χ1n) is 15.0. The van der Waals surface area contributed by atoms with Crippen LogP contribution in [0.5, 0.6) is 23.0 Å². The molecule has 0 radical (unpaired) electrons. The van der Waals surface area contributed by atoms with Gasteiger partial charge in [-0.1, -0.05) is 46.1 Å². The van der Waals surface area contributed by atoms with Crippen LogP contribution in [0.2, 0.25) is 0 Å². The first-order valence-corrected chi connectivity index (χ1v) is 15.0. The number of rotatable bonds is 19. The maximum absolute atomic E-state index is 13.0. The second-order valence-electron chi connectivity index (χ2n) is 11.2. The third kappa shape index (κ3) is 9.50. The van der Waals surface area contributed by atoms with Crippen molar-refractivity contribution in [2.24, 2.45) is 5.92 Å². The van der Waals surface area contributed by atoms with Crippen LogP contribution in [0.15, 0.2) is 30.3 Å². The Balaban J connectivity index is 2.18. The quantitative estimate of drug-likeness (QED) is 0.158. The summed E-state index contributed by atoms with van der Waals surface area (Å²) >= 11 is 0. The molecule has 0 aromatic heterocycles. The van der Waals surface area contributed by atoms with Crippen molar-refractivity contribution in [3.05, 3.63) is 47.0 Å². The monoisotopic (exact) mass is 598 g/mol. The Morgan fingerprint density at radius 1 is 0.953 bits per heavy atom. The molecule has 0 fully saturated rings. The second-order valence-corrected chi connectivity index (χ2v) is 11.2. The average Bonchev–Trinajstić information content (AvgIpc) is 3.01. The Morgan fingerprint density at radius 3 is 2.16 bits per heavy atom. The molecule has 238 valence electrons. The first-order chi connectivity index (χ1) is 20.6. The van der Waals surface area contributed by atoms with Gasteiger partial charge in [-0.05, 0) is 67.6 Å². The second kappa shape index (κ2) is 17.6. The predicted octanol–water partition coefficient (Wildman–Crippen LogP) is 5.80. The number of aliphatic hydroxyl groups excluding tert-OH is 1. The van der Waals surface area contributed by atoms with Crippen molar-refractivity contribution in [3.63, 3.8) is 0 Å². The number of nitriles is 1. The van der Waals surface area contributed by atoms with Crippen LogP contribution in [0.25, 0.3) is 0 Å². The summed E-state index contributed by atoms with van der Waals surface area (Å²) in [4.78, 5) is 15.0. The van der Waals surface area contributed by atoms with E-state index in [4.69, 9.17) is 23.7 Å². The summed E-state index contributed by atoms with van der Waals surface area (Å²) in [5.41, 5.74) is 1.06. The normalized spacial score (nSPS) is 13.3. The van der Waals surface area contributed by atoms with Crippen molar-refractivity contribution in [1.29, 1.82) is 5.26 Å². The summed E-state index contributed by atoms with van der Waals surface area (Å²) in [6.07, 6.45) is 4.05. The van der Waals surface area contributed by atoms with Gasteiger partial charge in [0, 0.05) is 13.1 Å². The lowest BCUT2D eigenvalue weighted by Gasteiger charge is -2.34. The molecule has 9 nitrogen and oxygen atoms in total. The van der Waals surface area contributed by atoms with Gasteiger partial charge >= 0.3 is 5.97 Å². The van der Waals surface area contributed by atoms with Crippen LogP contribution < -0.4 is 18.9 Å². The highest BCUT2D eigenvalue weighted by atomic mass is 16.5. The number of nitrogens with zero attached hydrogens (tertiary/aromatic N) is 2. The van der Waals surface area contributed by atoms with Gasteiger partial charge in [-0.3, -0.25) is 0 Å². The number of likely N-dealkylation sites (N-methyl/N-ethyl adjacent to an activating group) is 1. The predicted molar refractivity (Wildman–Crippen MR) is 167 cm³/mol. The standard InChI is InChI=1S/C34H50N2O7/c1-9-10-11-12-17-43-33(38)28-20-32(42-8)30(40-6)18-25(28)15-16-36(4)22-27(37)21-34(23-35,24(2)3)26-13-14-29(39-5)31(19-26)41-7/h13-14,18-20,24,27,37H,9-12,15-17,21-22H2,1-8H3. The number of hydrogen-bond acceptors (Lipinski definition) is 9. The lowest BCUT2D eigenvalue weighted by atomic mass is 9.69. The first kappa shape index (κ1) is 35.7. The number of hydrogen-bond donors (Lipinski definition) is 1. The molecule has 0 saturated heterocycles. The van der Waals surface area contributed by atoms with E-state index < -0.39 is 11.5 Å². The Bertz CT molecular complexity index is 1210. The SMILES string of the molecule is CCCCCCOC(=O)c1cc(OC)c(OC)cc1CCN(C)CC(O)CC(C#N)(c1ccc(OC)c(OC)c1)C(C)C. The number of carbonyl (C=O) groups excluding carboxylic acids is 1. The summed E-state index contributed by atoms with van der Waals surface area (Å²) in [6.45, 7) is 7.38.